The Morgan fingerprint density at radius 2 is 1.95 bits per heavy atom. The third-order valence-corrected chi connectivity index (χ3v) is 9.48. The van der Waals surface area contributed by atoms with E-state index in [1.165, 1.54) is 20.7 Å². The Hall–Kier alpha value is -2.80. The van der Waals surface area contributed by atoms with Crippen molar-refractivity contribution in [2.75, 3.05) is 33.2 Å². The van der Waals surface area contributed by atoms with Crippen LogP contribution >= 0.6 is 11.3 Å². The van der Waals surface area contributed by atoms with Gasteiger partial charge in [-0.25, -0.2) is 0 Å². The molecule has 1 aliphatic carbocycles. The second kappa shape index (κ2) is 10.4. The van der Waals surface area contributed by atoms with E-state index in [1.807, 2.05) is 0 Å². The smallest absolute Gasteiger partial charge is 0.243 e. The van der Waals surface area contributed by atoms with Gasteiger partial charge in [0.15, 0.2) is 0 Å². The SMILES string of the molecule is CN1CCN(Cc2ccc(-c3cc4cc(CC(C#N)NC(=O)C5(N)CCCC6O[C@@H]65)ccc4s3)cc2)CC1. The Bertz CT molecular complexity index is 1360. The number of nitrogens with zero attached hydrogens (tertiary/aromatic N) is 3. The van der Waals surface area contributed by atoms with E-state index in [0.29, 0.717) is 12.8 Å². The number of piperazine rings is 1. The van der Waals surface area contributed by atoms with Gasteiger partial charge < -0.3 is 20.7 Å². The average molecular weight is 530 g/mol. The van der Waals surface area contributed by atoms with Gasteiger partial charge in [0.25, 0.3) is 0 Å². The fourth-order valence-corrected chi connectivity index (χ4v) is 6.90. The predicted octanol–water partition coefficient (Wildman–Crippen LogP) is 3.52. The van der Waals surface area contributed by atoms with Gasteiger partial charge in [0, 0.05) is 48.7 Å². The van der Waals surface area contributed by atoms with E-state index >= 15 is 0 Å². The molecule has 2 saturated heterocycles. The van der Waals surface area contributed by atoms with E-state index < -0.39 is 11.6 Å². The van der Waals surface area contributed by atoms with Gasteiger partial charge in [-0.1, -0.05) is 36.4 Å². The molecule has 2 aliphatic heterocycles. The molecule has 3 N–H and O–H groups in total. The monoisotopic (exact) mass is 529 g/mol. The highest BCUT2D eigenvalue weighted by Crippen LogP contribution is 2.42. The maximum absolute atomic E-state index is 13.0. The molecule has 6 rings (SSSR count). The molecule has 2 aromatic carbocycles. The van der Waals surface area contributed by atoms with Crippen LogP contribution in [0.3, 0.4) is 0 Å². The standard InChI is InChI=1S/C30H35N5O2S/c1-34-11-13-35(14-12-34)19-20-4-7-22(8-5-20)27-17-23-15-21(6-9-26(23)38-27)16-24(18-31)33-29(36)30(32)10-2-3-25-28(30)37-25/h4-9,15,17,24-25,28H,2-3,10-14,16,19,32H2,1H3,(H,33,36)/t24?,25?,28-,30?/m0/s1. The largest absolute Gasteiger partial charge is 0.367 e. The van der Waals surface area contributed by atoms with Gasteiger partial charge in [0.2, 0.25) is 5.91 Å². The van der Waals surface area contributed by atoms with Crippen molar-refractivity contribution < 1.29 is 9.53 Å². The minimum absolute atomic E-state index is 0.100. The predicted molar refractivity (Wildman–Crippen MR) is 151 cm³/mol. The molecule has 3 fully saturated rings. The topological polar surface area (TPSA) is 97.9 Å². The molecule has 1 amide bonds. The van der Waals surface area contributed by atoms with Crippen molar-refractivity contribution in [2.24, 2.45) is 5.73 Å². The lowest BCUT2D eigenvalue weighted by Crippen LogP contribution is -2.61. The lowest BCUT2D eigenvalue weighted by molar-refractivity contribution is -0.128. The molecule has 3 aliphatic rings. The van der Waals surface area contributed by atoms with Crippen LogP contribution in [0.5, 0.6) is 0 Å². The second-order valence-corrected chi connectivity index (χ2v) is 12.2. The molecule has 3 unspecified atom stereocenters. The summed E-state index contributed by atoms with van der Waals surface area (Å²) in [6.45, 7) is 5.51. The minimum Gasteiger partial charge on any atom is -0.367 e. The Balaban J connectivity index is 1.10. The van der Waals surface area contributed by atoms with Crippen LogP contribution in [-0.2, 0) is 22.5 Å². The minimum atomic E-state index is -1.02. The molecule has 0 radical (unpaired) electrons. The van der Waals surface area contributed by atoms with Crippen LogP contribution in [0.4, 0.5) is 0 Å². The number of hydrogen-bond acceptors (Lipinski definition) is 7. The van der Waals surface area contributed by atoms with Gasteiger partial charge in [0.05, 0.1) is 12.2 Å². The number of benzene rings is 2. The second-order valence-electron chi connectivity index (χ2n) is 11.1. The van der Waals surface area contributed by atoms with Gasteiger partial charge in [-0.3, -0.25) is 9.69 Å². The number of fused-ring (bicyclic) bond motifs is 2. The summed E-state index contributed by atoms with van der Waals surface area (Å²) >= 11 is 1.78. The Morgan fingerprint density at radius 3 is 2.71 bits per heavy atom. The first-order chi connectivity index (χ1) is 18.4. The molecule has 4 atom stereocenters. The highest BCUT2D eigenvalue weighted by molar-refractivity contribution is 7.22. The summed E-state index contributed by atoms with van der Waals surface area (Å²) in [4.78, 5) is 19.1. The number of likely N-dealkylation sites (N-methyl/N-ethyl adjacent to an activating group) is 1. The number of epoxide rings is 1. The Morgan fingerprint density at radius 1 is 1.18 bits per heavy atom. The molecular weight excluding hydrogens is 494 g/mol. The highest BCUT2D eigenvalue weighted by Gasteiger charge is 2.59. The first-order valence-corrected chi connectivity index (χ1v) is 14.4. The normalized spacial score (nSPS) is 26.4. The van der Waals surface area contributed by atoms with Crippen LogP contribution in [-0.4, -0.2) is 72.7 Å². The summed E-state index contributed by atoms with van der Waals surface area (Å²) in [6.07, 6.45) is 2.76. The lowest BCUT2D eigenvalue weighted by Gasteiger charge is -2.32. The van der Waals surface area contributed by atoms with Crippen molar-refractivity contribution >= 4 is 27.3 Å². The molecule has 0 bridgehead atoms. The first-order valence-electron chi connectivity index (χ1n) is 13.6. The fourth-order valence-electron chi connectivity index (χ4n) is 5.85. The number of nitrogens with two attached hydrogens (primary N) is 1. The molecule has 198 valence electrons. The highest BCUT2D eigenvalue weighted by atomic mass is 32.1. The maximum Gasteiger partial charge on any atom is 0.243 e. The molecule has 3 aromatic rings. The zero-order valence-electron chi connectivity index (χ0n) is 21.9. The molecule has 8 heteroatoms. The van der Waals surface area contributed by atoms with Gasteiger partial charge in [-0.15, -0.1) is 11.3 Å². The van der Waals surface area contributed by atoms with E-state index in [1.54, 1.807) is 11.3 Å². The van der Waals surface area contributed by atoms with Crippen molar-refractivity contribution in [1.82, 2.24) is 15.1 Å². The van der Waals surface area contributed by atoms with Crippen molar-refractivity contribution in [3.8, 4) is 16.5 Å². The van der Waals surface area contributed by atoms with Gasteiger partial charge in [-0.05, 0) is 60.5 Å². The summed E-state index contributed by atoms with van der Waals surface area (Å²) < 4.78 is 6.82. The van der Waals surface area contributed by atoms with E-state index in [4.69, 9.17) is 10.5 Å². The van der Waals surface area contributed by atoms with Gasteiger partial charge in [0.1, 0.15) is 17.7 Å². The zero-order chi connectivity index (χ0) is 26.3. The first kappa shape index (κ1) is 25.5. The molecule has 0 spiro atoms. The van der Waals surface area contributed by atoms with E-state index in [-0.39, 0.29) is 18.1 Å². The zero-order valence-corrected chi connectivity index (χ0v) is 22.7. The van der Waals surface area contributed by atoms with Crippen molar-refractivity contribution in [2.45, 2.75) is 56.0 Å². The van der Waals surface area contributed by atoms with Crippen LogP contribution in [0.15, 0.2) is 48.5 Å². The number of hydrogen-bond donors (Lipinski definition) is 2. The van der Waals surface area contributed by atoms with Crippen LogP contribution in [0, 0.1) is 11.3 Å². The summed E-state index contributed by atoms with van der Waals surface area (Å²) in [5, 5.41) is 13.8. The van der Waals surface area contributed by atoms with Crippen LogP contribution in [0.1, 0.15) is 30.4 Å². The average Bonchev–Trinajstić information content (AvgIpc) is 3.62. The van der Waals surface area contributed by atoms with Crippen molar-refractivity contribution in [3.05, 3.63) is 59.7 Å². The summed E-state index contributed by atoms with van der Waals surface area (Å²) in [6, 6.07) is 19.1. The molecule has 7 nitrogen and oxygen atoms in total. The summed E-state index contributed by atoms with van der Waals surface area (Å²) in [7, 11) is 2.19. The number of carbonyl (C=O) groups is 1. The molecule has 3 heterocycles. The summed E-state index contributed by atoms with van der Waals surface area (Å²) in [5.41, 5.74) is 9.00. The molecule has 1 saturated carbocycles. The van der Waals surface area contributed by atoms with Gasteiger partial charge in [-0.2, -0.15) is 5.26 Å². The number of carbonyl (C=O) groups excluding carboxylic acids is 1. The van der Waals surface area contributed by atoms with Crippen LogP contribution in [0.25, 0.3) is 20.5 Å². The summed E-state index contributed by atoms with van der Waals surface area (Å²) in [5.74, 6) is -0.272. The van der Waals surface area contributed by atoms with E-state index in [2.05, 4.69) is 76.8 Å². The third-order valence-electron chi connectivity index (χ3n) is 8.31. The number of thiophene rings is 1. The fraction of sp³-hybridized carbons (Fsp3) is 0.467. The maximum atomic E-state index is 13.0. The van der Waals surface area contributed by atoms with E-state index in [9.17, 15) is 10.1 Å². The molecular formula is C30H35N5O2S. The number of nitriles is 1. The van der Waals surface area contributed by atoms with Crippen molar-refractivity contribution in [1.29, 1.82) is 5.26 Å². The van der Waals surface area contributed by atoms with Crippen molar-refractivity contribution in [3.63, 3.8) is 0 Å². The van der Waals surface area contributed by atoms with E-state index in [0.717, 1.165) is 56.5 Å². The number of ether oxygens (including phenoxy) is 1. The number of amides is 1. The molecule has 38 heavy (non-hydrogen) atoms. The molecule has 1 aromatic heterocycles. The number of nitrogens with one attached hydrogen (secondary N) is 1. The Labute approximate surface area is 228 Å². The van der Waals surface area contributed by atoms with Crippen LogP contribution < -0.4 is 11.1 Å². The lowest BCUT2D eigenvalue weighted by atomic mass is 9.81. The Kier molecular flexibility index (Phi) is 6.97. The third kappa shape index (κ3) is 5.22. The number of rotatable bonds is 7. The quantitative estimate of drug-likeness (QED) is 0.455. The van der Waals surface area contributed by atoms with Crippen LogP contribution in [0.2, 0.25) is 0 Å². The van der Waals surface area contributed by atoms with Gasteiger partial charge >= 0.3 is 0 Å².